The normalized spacial score (nSPS) is 9.11. The average molecular weight is 269 g/mol. The molecule has 0 bridgehead atoms. The maximum Gasteiger partial charge on any atom is 0.303 e. The second kappa shape index (κ2) is 8.65. The van der Waals surface area contributed by atoms with Crippen LogP contribution in [0.4, 0.5) is 0 Å². The summed E-state index contributed by atoms with van der Waals surface area (Å²) < 4.78 is 0. The van der Waals surface area contributed by atoms with Crippen LogP contribution in [0, 0.1) is 0 Å². The molecule has 104 valence electrons. The Morgan fingerprint density at radius 1 is 1.00 bits per heavy atom. The molecule has 0 saturated carbocycles. The molecule has 0 unspecified atom stereocenters. The Hall–Kier alpha value is -2.41. The second-order valence-electron chi connectivity index (χ2n) is 3.47. The van der Waals surface area contributed by atoms with Crippen molar-refractivity contribution in [3.8, 4) is 0 Å². The zero-order valence-corrected chi connectivity index (χ0v) is 10.1. The third-order valence-corrected chi connectivity index (χ3v) is 2.01. The fraction of sp³-hybridized carbons (Fsp3) is 0.250. The number of aliphatic carboxylic acids is 2. The molecule has 0 aromatic heterocycles. The highest BCUT2D eigenvalue weighted by Crippen LogP contribution is 2.06. The average Bonchev–Trinajstić information content (AvgIpc) is 2.37. The molecule has 1 amide bonds. The molecular weight excluding hydrogens is 254 g/mol. The minimum atomic E-state index is -1.08. The summed E-state index contributed by atoms with van der Waals surface area (Å²) in [5.41, 5.74) is 5.99. The van der Waals surface area contributed by atoms with Crippen molar-refractivity contribution in [1.82, 2.24) is 0 Å². The first-order chi connectivity index (χ1) is 8.88. The summed E-state index contributed by atoms with van der Waals surface area (Å²) in [5, 5.41) is 24.6. The maximum absolute atomic E-state index is 10.7. The van der Waals surface area contributed by atoms with Gasteiger partial charge in [0, 0.05) is 5.56 Å². The van der Waals surface area contributed by atoms with Crippen LogP contribution in [0.15, 0.2) is 24.3 Å². The van der Waals surface area contributed by atoms with Gasteiger partial charge in [0.1, 0.15) is 0 Å². The van der Waals surface area contributed by atoms with Gasteiger partial charge in [-0.3, -0.25) is 14.4 Å². The third-order valence-electron chi connectivity index (χ3n) is 2.01. The molecule has 1 rings (SSSR count). The minimum absolute atomic E-state index is 0.154. The molecule has 0 heterocycles. The van der Waals surface area contributed by atoms with E-state index in [-0.39, 0.29) is 19.4 Å². The van der Waals surface area contributed by atoms with Crippen LogP contribution in [0.1, 0.15) is 28.8 Å². The van der Waals surface area contributed by atoms with Crippen LogP contribution in [0.25, 0.3) is 0 Å². The van der Waals surface area contributed by atoms with Crippen LogP contribution < -0.4 is 5.73 Å². The van der Waals surface area contributed by atoms with Gasteiger partial charge in [0.25, 0.3) is 0 Å². The van der Waals surface area contributed by atoms with Gasteiger partial charge < -0.3 is 21.1 Å². The van der Waals surface area contributed by atoms with E-state index in [2.05, 4.69) is 0 Å². The lowest BCUT2D eigenvalue weighted by Crippen LogP contribution is -2.13. The van der Waals surface area contributed by atoms with Gasteiger partial charge in [-0.05, 0) is 11.6 Å². The molecule has 0 atom stereocenters. The Kier molecular flexibility index (Phi) is 7.55. The Morgan fingerprint density at radius 3 is 1.79 bits per heavy atom. The molecular formula is C12H15NO6. The number of amides is 1. The van der Waals surface area contributed by atoms with E-state index < -0.39 is 17.8 Å². The van der Waals surface area contributed by atoms with Crippen molar-refractivity contribution in [2.75, 3.05) is 0 Å². The van der Waals surface area contributed by atoms with Gasteiger partial charge in [0.05, 0.1) is 19.4 Å². The van der Waals surface area contributed by atoms with Crippen LogP contribution in [-0.4, -0.2) is 33.2 Å². The Labute approximate surface area is 109 Å². The zero-order chi connectivity index (χ0) is 14.8. The highest BCUT2D eigenvalue weighted by molar-refractivity contribution is 5.94. The van der Waals surface area contributed by atoms with Crippen molar-refractivity contribution in [2.24, 2.45) is 5.73 Å². The summed E-state index contributed by atoms with van der Waals surface area (Å²) in [5.74, 6) is -2.66. The molecule has 0 aliphatic heterocycles. The second-order valence-corrected chi connectivity index (χ2v) is 3.47. The number of aliphatic hydroxyl groups excluding tert-OH is 1. The van der Waals surface area contributed by atoms with Crippen LogP contribution in [0.2, 0.25) is 0 Å². The highest BCUT2D eigenvalue weighted by atomic mass is 16.4. The van der Waals surface area contributed by atoms with Crippen molar-refractivity contribution in [3.05, 3.63) is 35.4 Å². The van der Waals surface area contributed by atoms with E-state index in [1.807, 2.05) is 0 Å². The van der Waals surface area contributed by atoms with Crippen LogP contribution in [-0.2, 0) is 16.2 Å². The summed E-state index contributed by atoms with van der Waals surface area (Å²) in [6.07, 6.45) is -0.593. The first-order valence-electron chi connectivity index (χ1n) is 5.30. The molecule has 5 N–H and O–H groups in total. The minimum Gasteiger partial charge on any atom is -0.481 e. The fourth-order valence-electron chi connectivity index (χ4n) is 1.11. The van der Waals surface area contributed by atoms with Crippen molar-refractivity contribution >= 4 is 17.8 Å². The van der Waals surface area contributed by atoms with E-state index >= 15 is 0 Å². The number of nitrogens with two attached hydrogens (primary N) is 1. The van der Waals surface area contributed by atoms with E-state index in [0.29, 0.717) is 11.1 Å². The number of hydrogen-bond acceptors (Lipinski definition) is 4. The van der Waals surface area contributed by atoms with Gasteiger partial charge in [-0.15, -0.1) is 0 Å². The zero-order valence-electron chi connectivity index (χ0n) is 10.1. The van der Waals surface area contributed by atoms with Crippen molar-refractivity contribution in [3.63, 3.8) is 0 Å². The van der Waals surface area contributed by atoms with Gasteiger partial charge in [-0.2, -0.15) is 0 Å². The maximum atomic E-state index is 10.7. The van der Waals surface area contributed by atoms with E-state index in [1.54, 1.807) is 24.3 Å². The number of aliphatic hydroxyl groups is 1. The summed E-state index contributed by atoms with van der Waals surface area (Å²) in [6, 6.07) is 6.71. The van der Waals surface area contributed by atoms with Crippen molar-refractivity contribution < 1.29 is 29.7 Å². The Bertz CT molecular complexity index is 443. The van der Waals surface area contributed by atoms with Crippen molar-refractivity contribution in [1.29, 1.82) is 0 Å². The van der Waals surface area contributed by atoms with Crippen LogP contribution >= 0.6 is 0 Å². The smallest absolute Gasteiger partial charge is 0.303 e. The van der Waals surface area contributed by atoms with E-state index in [4.69, 9.17) is 21.1 Å². The number of carbonyl (C=O) groups is 3. The summed E-state index contributed by atoms with van der Waals surface area (Å²) in [7, 11) is 0. The molecule has 0 radical (unpaired) electrons. The molecule has 0 aliphatic carbocycles. The molecule has 1 aromatic carbocycles. The predicted octanol–water partition coefficient (Wildman–Crippen LogP) is 0.214. The van der Waals surface area contributed by atoms with E-state index in [0.717, 1.165) is 0 Å². The summed E-state index contributed by atoms with van der Waals surface area (Å²) in [4.78, 5) is 30.0. The molecule has 0 aliphatic rings. The molecule has 19 heavy (non-hydrogen) atoms. The number of carboxylic acids is 2. The SMILES string of the molecule is NC(=O)c1ccccc1CO.O=C(O)CCC(=O)O. The van der Waals surface area contributed by atoms with E-state index in [1.165, 1.54) is 0 Å². The van der Waals surface area contributed by atoms with Crippen molar-refractivity contribution in [2.45, 2.75) is 19.4 Å². The first kappa shape index (κ1) is 16.6. The van der Waals surface area contributed by atoms with Gasteiger partial charge in [-0.25, -0.2) is 0 Å². The summed E-state index contributed by atoms with van der Waals surface area (Å²) >= 11 is 0. The van der Waals surface area contributed by atoms with Gasteiger partial charge >= 0.3 is 11.9 Å². The fourth-order valence-corrected chi connectivity index (χ4v) is 1.11. The molecule has 7 heteroatoms. The first-order valence-corrected chi connectivity index (χ1v) is 5.30. The third kappa shape index (κ3) is 7.50. The number of carboxylic acid groups (broad SMARTS) is 2. The number of hydrogen-bond donors (Lipinski definition) is 4. The Morgan fingerprint density at radius 2 is 1.47 bits per heavy atom. The van der Waals surface area contributed by atoms with Gasteiger partial charge in [0.15, 0.2) is 0 Å². The quantitative estimate of drug-likeness (QED) is 0.603. The standard InChI is InChI=1S/C8H9NO2.C4H6O4/c9-8(11)7-4-2-1-3-6(7)5-10;5-3(6)1-2-4(7)8/h1-4,10H,5H2,(H2,9,11);1-2H2,(H,5,6)(H,7,8). The predicted molar refractivity (Wildman–Crippen MR) is 65.4 cm³/mol. The van der Waals surface area contributed by atoms with Crippen LogP contribution in [0.5, 0.6) is 0 Å². The molecule has 7 nitrogen and oxygen atoms in total. The lowest BCUT2D eigenvalue weighted by atomic mass is 10.1. The number of benzene rings is 1. The monoisotopic (exact) mass is 269 g/mol. The van der Waals surface area contributed by atoms with E-state index in [9.17, 15) is 14.4 Å². The lowest BCUT2D eigenvalue weighted by molar-refractivity contribution is -0.143. The number of carbonyl (C=O) groups excluding carboxylic acids is 1. The molecule has 0 fully saturated rings. The number of rotatable bonds is 5. The summed E-state index contributed by atoms with van der Waals surface area (Å²) in [6.45, 7) is -0.154. The topological polar surface area (TPSA) is 138 Å². The van der Waals surface area contributed by atoms with Gasteiger partial charge in [-0.1, -0.05) is 18.2 Å². The largest absolute Gasteiger partial charge is 0.481 e. The van der Waals surface area contributed by atoms with Gasteiger partial charge in [0.2, 0.25) is 5.91 Å². The Balaban J connectivity index is 0.000000362. The number of primary amides is 1. The highest BCUT2D eigenvalue weighted by Gasteiger charge is 2.04. The molecule has 0 spiro atoms. The molecule has 0 saturated heterocycles. The lowest BCUT2D eigenvalue weighted by Gasteiger charge is -2.00. The molecule has 1 aromatic rings. The van der Waals surface area contributed by atoms with Crippen LogP contribution in [0.3, 0.4) is 0 Å².